The molecular weight excluding hydrogens is 202 g/mol. The van der Waals surface area contributed by atoms with E-state index in [0.29, 0.717) is 17.0 Å². The fourth-order valence-corrected chi connectivity index (χ4v) is 1.57. The van der Waals surface area contributed by atoms with E-state index in [9.17, 15) is 5.11 Å². The molecule has 1 aromatic carbocycles. The number of rotatable bonds is 2. The fourth-order valence-electron chi connectivity index (χ4n) is 1.57. The summed E-state index contributed by atoms with van der Waals surface area (Å²) in [6.07, 6.45) is -0.876. The van der Waals surface area contributed by atoms with Gasteiger partial charge in [0.1, 0.15) is 17.6 Å². The third-order valence-corrected chi connectivity index (χ3v) is 2.38. The Hall–Kier alpha value is -2.05. The molecule has 0 fully saturated rings. The minimum absolute atomic E-state index is 0.448. The van der Waals surface area contributed by atoms with E-state index in [2.05, 4.69) is 4.85 Å². The molecule has 1 heterocycles. The van der Waals surface area contributed by atoms with Crippen LogP contribution >= 0.6 is 0 Å². The number of hydrogen-bond donors (Lipinski definition) is 1. The number of hydrogen-bond acceptors (Lipinski definition) is 2. The van der Waals surface area contributed by atoms with Crippen molar-refractivity contribution in [2.75, 3.05) is 0 Å². The van der Waals surface area contributed by atoms with Gasteiger partial charge in [-0.3, -0.25) is 0 Å². The van der Waals surface area contributed by atoms with E-state index < -0.39 is 6.10 Å². The molecule has 80 valence electrons. The van der Waals surface area contributed by atoms with Crippen LogP contribution in [0, 0.1) is 13.5 Å². The van der Waals surface area contributed by atoms with Gasteiger partial charge in [-0.25, -0.2) is 4.85 Å². The van der Waals surface area contributed by atoms with Gasteiger partial charge in [0.25, 0.3) is 0 Å². The molecule has 0 aliphatic rings. The monoisotopic (exact) mass is 213 g/mol. The molecule has 0 saturated carbocycles. The number of benzene rings is 1. The molecule has 3 heteroatoms. The molecular formula is C13H11NO2. The molecule has 0 saturated heterocycles. The van der Waals surface area contributed by atoms with Crippen molar-refractivity contribution in [1.29, 1.82) is 0 Å². The Balaban J connectivity index is 2.41. The summed E-state index contributed by atoms with van der Waals surface area (Å²) in [5, 5.41) is 10.1. The van der Waals surface area contributed by atoms with E-state index in [-0.39, 0.29) is 0 Å². The molecule has 0 amide bonds. The van der Waals surface area contributed by atoms with Gasteiger partial charge < -0.3 is 9.52 Å². The van der Waals surface area contributed by atoms with Crippen LogP contribution in [-0.4, -0.2) is 5.11 Å². The number of aliphatic hydroxyl groups is 1. The quantitative estimate of drug-likeness (QED) is 0.778. The molecule has 0 radical (unpaired) electrons. The highest BCUT2D eigenvalue weighted by Crippen LogP contribution is 2.30. The van der Waals surface area contributed by atoms with Crippen LogP contribution in [0.2, 0.25) is 0 Å². The maximum Gasteiger partial charge on any atom is 0.193 e. The molecule has 2 aromatic rings. The number of para-hydroxylation sites is 1. The number of furan rings is 1. The Kier molecular flexibility index (Phi) is 2.76. The first-order chi connectivity index (χ1) is 7.72. The minimum Gasteiger partial charge on any atom is -0.463 e. The topological polar surface area (TPSA) is 37.7 Å². The van der Waals surface area contributed by atoms with Gasteiger partial charge in [-0.05, 0) is 24.6 Å². The first kappa shape index (κ1) is 10.5. The third kappa shape index (κ3) is 1.83. The second-order valence-electron chi connectivity index (χ2n) is 3.52. The Labute approximate surface area is 93.8 Å². The maximum atomic E-state index is 10.1. The van der Waals surface area contributed by atoms with Crippen molar-refractivity contribution in [2.45, 2.75) is 13.0 Å². The molecule has 1 unspecified atom stereocenters. The molecule has 0 spiro atoms. The van der Waals surface area contributed by atoms with Gasteiger partial charge in [0.2, 0.25) is 0 Å². The minimum atomic E-state index is -0.876. The predicted octanol–water partition coefficient (Wildman–Crippen LogP) is 3.22. The largest absolute Gasteiger partial charge is 0.463 e. The summed E-state index contributed by atoms with van der Waals surface area (Å²) in [6.45, 7) is 8.85. The van der Waals surface area contributed by atoms with Crippen molar-refractivity contribution in [3.63, 3.8) is 0 Å². The summed E-state index contributed by atoms with van der Waals surface area (Å²) < 4.78 is 5.35. The average molecular weight is 213 g/mol. The molecule has 3 nitrogen and oxygen atoms in total. The zero-order valence-electron chi connectivity index (χ0n) is 8.84. The van der Waals surface area contributed by atoms with Crippen LogP contribution in [0.15, 0.2) is 40.8 Å². The van der Waals surface area contributed by atoms with Crippen LogP contribution < -0.4 is 0 Å². The number of nitrogens with zero attached hydrogens (tertiary/aromatic N) is 1. The lowest BCUT2D eigenvalue weighted by Crippen LogP contribution is -1.97. The Morgan fingerprint density at radius 1 is 1.25 bits per heavy atom. The maximum absolute atomic E-state index is 10.1. The van der Waals surface area contributed by atoms with E-state index in [4.69, 9.17) is 11.0 Å². The number of aryl methyl sites for hydroxylation is 1. The van der Waals surface area contributed by atoms with E-state index in [0.717, 1.165) is 5.76 Å². The molecule has 16 heavy (non-hydrogen) atoms. The van der Waals surface area contributed by atoms with Crippen LogP contribution in [0.3, 0.4) is 0 Å². The zero-order valence-corrected chi connectivity index (χ0v) is 8.84. The molecule has 0 aliphatic carbocycles. The highest BCUT2D eigenvalue weighted by atomic mass is 16.4. The highest BCUT2D eigenvalue weighted by Gasteiger charge is 2.16. The normalized spacial score (nSPS) is 12.1. The van der Waals surface area contributed by atoms with Crippen LogP contribution in [0.4, 0.5) is 5.69 Å². The summed E-state index contributed by atoms with van der Waals surface area (Å²) in [5.41, 5.74) is 1.02. The molecule has 0 bridgehead atoms. The summed E-state index contributed by atoms with van der Waals surface area (Å²) in [6, 6.07) is 10.5. The van der Waals surface area contributed by atoms with Crippen molar-refractivity contribution in [3.8, 4) is 0 Å². The van der Waals surface area contributed by atoms with E-state index in [1.54, 1.807) is 36.4 Å². The lowest BCUT2D eigenvalue weighted by atomic mass is 10.1. The Bertz CT molecular complexity index is 537. The molecule has 0 aliphatic heterocycles. The van der Waals surface area contributed by atoms with Crippen molar-refractivity contribution in [3.05, 3.63) is 64.9 Å². The standard InChI is InChI=1S/C13H11NO2/c1-9-7-8-12(16-9)13(15)10-5-3-4-6-11(10)14-2/h3-8,13,15H,1H3. The predicted molar refractivity (Wildman–Crippen MR) is 60.2 cm³/mol. The summed E-state index contributed by atoms with van der Waals surface area (Å²) in [5.74, 6) is 1.21. The van der Waals surface area contributed by atoms with Gasteiger partial charge in [0.05, 0.1) is 6.57 Å². The van der Waals surface area contributed by atoms with Gasteiger partial charge in [-0.1, -0.05) is 24.3 Å². The van der Waals surface area contributed by atoms with Gasteiger partial charge in [-0.15, -0.1) is 0 Å². The first-order valence-corrected chi connectivity index (χ1v) is 4.93. The van der Waals surface area contributed by atoms with Crippen molar-refractivity contribution in [1.82, 2.24) is 0 Å². The van der Waals surface area contributed by atoms with Crippen molar-refractivity contribution < 1.29 is 9.52 Å². The molecule has 1 aromatic heterocycles. The van der Waals surface area contributed by atoms with Gasteiger partial charge >= 0.3 is 0 Å². The average Bonchev–Trinajstić information content (AvgIpc) is 2.75. The summed E-state index contributed by atoms with van der Waals surface area (Å²) >= 11 is 0. The Morgan fingerprint density at radius 3 is 2.62 bits per heavy atom. The Morgan fingerprint density at radius 2 is 2.00 bits per heavy atom. The second-order valence-corrected chi connectivity index (χ2v) is 3.52. The van der Waals surface area contributed by atoms with Gasteiger partial charge in [0.15, 0.2) is 5.69 Å². The summed E-state index contributed by atoms with van der Waals surface area (Å²) in [7, 11) is 0. The lowest BCUT2D eigenvalue weighted by Gasteiger charge is -2.09. The lowest BCUT2D eigenvalue weighted by molar-refractivity contribution is 0.188. The SMILES string of the molecule is [C-]#[N+]c1ccccc1C(O)c1ccc(C)o1. The van der Waals surface area contributed by atoms with Crippen LogP contribution in [0.5, 0.6) is 0 Å². The van der Waals surface area contributed by atoms with Gasteiger partial charge in [0, 0.05) is 0 Å². The molecule has 1 atom stereocenters. The second kappa shape index (κ2) is 4.21. The van der Waals surface area contributed by atoms with E-state index in [1.165, 1.54) is 0 Å². The fraction of sp³-hybridized carbons (Fsp3) is 0.154. The summed E-state index contributed by atoms with van der Waals surface area (Å²) in [4.78, 5) is 3.37. The van der Waals surface area contributed by atoms with Crippen LogP contribution in [-0.2, 0) is 0 Å². The molecule has 2 rings (SSSR count). The molecule has 1 N–H and O–H groups in total. The highest BCUT2D eigenvalue weighted by molar-refractivity contribution is 5.54. The third-order valence-electron chi connectivity index (χ3n) is 2.38. The van der Waals surface area contributed by atoms with E-state index in [1.807, 2.05) is 6.92 Å². The number of aliphatic hydroxyl groups excluding tert-OH is 1. The van der Waals surface area contributed by atoms with Crippen molar-refractivity contribution in [2.24, 2.45) is 0 Å². The van der Waals surface area contributed by atoms with Crippen LogP contribution in [0.25, 0.3) is 4.85 Å². The van der Waals surface area contributed by atoms with Crippen LogP contribution in [0.1, 0.15) is 23.2 Å². The zero-order chi connectivity index (χ0) is 11.5. The first-order valence-electron chi connectivity index (χ1n) is 4.93. The smallest absolute Gasteiger partial charge is 0.193 e. The van der Waals surface area contributed by atoms with Gasteiger partial charge in [-0.2, -0.15) is 0 Å². The van der Waals surface area contributed by atoms with E-state index >= 15 is 0 Å². The van der Waals surface area contributed by atoms with Crippen molar-refractivity contribution >= 4 is 5.69 Å².